The molecule has 0 bridgehead atoms. The normalized spacial score (nSPS) is 20.8. The van der Waals surface area contributed by atoms with Crippen LogP contribution in [0, 0.1) is 6.92 Å². The summed E-state index contributed by atoms with van der Waals surface area (Å²) in [6.45, 7) is 4.37. The molecule has 0 aliphatic heterocycles. The van der Waals surface area contributed by atoms with E-state index < -0.39 is 11.5 Å². The third kappa shape index (κ3) is 2.27. The van der Waals surface area contributed by atoms with Gasteiger partial charge in [0.25, 0.3) is 5.92 Å². The second-order valence-corrected chi connectivity index (χ2v) is 4.78. The molecule has 1 aliphatic rings. The Bertz CT molecular complexity index is 423. The average molecular weight is 241 g/mol. The second kappa shape index (κ2) is 3.95. The van der Waals surface area contributed by atoms with Crippen molar-refractivity contribution in [3.63, 3.8) is 0 Å². The van der Waals surface area contributed by atoms with Crippen LogP contribution in [0.4, 0.5) is 8.78 Å². The second-order valence-electron chi connectivity index (χ2n) is 4.78. The summed E-state index contributed by atoms with van der Waals surface area (Å²) in [5.74, 6) is -1.86. The highest BCUT2D eigenvalue weighted by molar-refractivity contribution is 5.41. The Balaban J connectivity index is 2.23. The molecule has 0 unspecified atom stereocenters. The largest absolute Gasteiger partial charge is 0.494 e. The maximum absolute atomic E-state index is 12.9. The predicted octanol–water partition coefficient (Wildman–Crippen LogP) is 2.98. The van der Waals surface area contributed by atoms with Crippen LogP contribution in [0.1, 0.15) is 30.9 Å². The monoisotopic (exact) mass is 241 g/mol. The number of benzene rings is 1. The summed E-state index contributed by atoms with van der Waals surface area (Å²) >= 11 is 0. The number of halogens is 2. The summed E-state index contributed by atoms with van der Waals surface area (Å²) in [6.07, 6.45) is -0.538. The fourth-order valence-corrected chi connectivity index (χ4v) is 2.51. The molecular weight excluding hydrogens is 224 g/mol. The molecular formula is C13H17F2NO. The minimum absolute atomic E-state index is 0.269. The van der Waals surface area contributed by atoms with Crippen molar-refractivity contribution in [1.29, 1.82) is 0 Å². The van der Waals surface area contributed by atoms with Crippen molar-refractivity contribution in [2.75, 3.05) is 6.61 Å². The van der Waals surface area contributed by atoms with Gasteiger partial charge in [0, 0.05) is 12.8 Å². The lowest BCUT2D eigenvalue weighted by Crippen LogP contribution is -2.55. The van der Waals surface area contributed by atoms with Gasteiger partial charge in [0.2, 0.25) is 0 Å². The van der Waals surface area contributed by atoms with Gasteiger partial charge in [-0.05, 0) is 37.1 Å². The van der Waals surface area contributed by atoms with Gasteiger partial charge in [-0.25, -0.2) is 8.78 Å². The first kappa shape index (κ1) is 12.3. The number of hydrogen-bond donors (Lipinski definition) is 1. The zero-order valence-electron chi connectivity index (χ0n) is 10.1. The lowest BCUT2D eigenvalue weighted by Gasteiger charge is -2.45. The van der Waals surface area contributed by atoms with Gasteiger partial charge in [-0.2, -0.15) is 0 Å². The van der Waals surface area contributed by atoms with Gasteiger partial charge < -0.3 is 10.5 Å². The Morgan fingerprint density at radius 1 is 1.35 bits per heavy atom. The van der Waals surface area contributed by atoms with E-state index in [1.165, 1.54) is 0 Å². The van der Waals surface area contributed by atoms with Gasteiger partial charge in [-0.15, -0.1) is 0 Å². The van der Waals surface area contributed by atoms with Gasteiger partial charge in [0.05, 0.1) is 12.1 Å². The summed E-state index contributed by atoms with van der Waals surface area (Å²) in [5, 5.41) is 0. The minimum atomic E-state index is -2.61. The smallest absolute Gasteiger partial charge is 0.252 e. The van der Waals surface area contributed by atoms with Crippen LogP contribution in [0.25, 0.3) is 0 Å². The van der Waals surface area contributed by atoms with E-state index in [9.17, 15) is 8.78 Å². The summed E-state index contributed by atoms with van der Waals surface area (Å²) in [4.78, 5) is 0. The van der Waals surface area contributed by atoms with Gasteiger partial charge in [-0.3, -0.25) is 0 Å². The molecule has 0 atom stereocenters. The van der Waals surface area contributed by atoms with Crippen LogP contribution in [0.5, 0.6) is 5.75 Å². The van der Waals surface area contributed by atoms with Gasteiger partial charge in [0.1, 0.15) is 5.75 Å². The van der Waals surface area contributed by atoms with E-state index in [4.69, 9.17) is 10.5 Å². The number of alkyl halides is 2. The minimum Gasteiger partial charge on any atom is -0.494 e. The molecule has 1 aromatic rings. The van der Waals surface area contributed by atoms with E-state index in [1.54, 1.807) is 12.1 Å². The van der Waals surface area contributed by atoms with Crippen LogP contribution < -0.4 is 10.5 Å². The molecule has 0 heterocycles. The van der Waals surface area contributed by atoms with Crippen molar-refractivity contribution in [3.8, 4) is 5.75 Å². The maximum atomic E-state index is 12.9. The fraction of sp³-hybridized carbons (Fsp3) is 0.538. The van der Waals surface area contributed by atoms with Crippen LogP contribution in [-0.4, -0.2) is 12.5 Å². The first-order valence-corrected chi connectivity index (χ1v) is 5.77. The average Bonchev–Trinajstić information content (AvgIpc) is 2.14. The molecule has 0 aromatic heterocycles. The van der Waals surface area contributed by atoms with Crippen molar-refractivity contribution in [1.82, 2.24) is 0 Å². The molecule has 0 saturated heterocycles. The molecule has 0 spiro atoms. The summed E-state index contributed by atoms with van der Waals surface area (Å²) in [6, 6.07) is 5.44. The Hall–Kier alpha value is -1.16. The van der Waals surface area contributed by atoms with Crippen LogP contribution in [0.3, 0.4) is 0 Å². The van der Waals surface area contributed by atoms with Crippen molar-refractivity contribution >= 4 is 0 Å². The molecule has 1 aromatic carbocycles. The van der Waals surface area contributed by atoms with E-state index in [0.717, 1.165) is 16.9 Å². The molecule has 17 heavy (non-hydrogen) atoms. The Kier molecular flexibility index (Phi) is 2.86. The molecule has 4 heteroatoms. The highest BCUT2D eigenvalue weighted by atomic mass is 19.3. The highest BCUT2D eigenvalue weighted by Gasteiger charge is 2.55. The van der Waals surface area contributed by atoms with E-state index in [0.29, 0.717) is 6.61 Å². The molecule has 0 radical (unpaired) electrons. The highest BCUT2D eigenvalue weighted by Crippen LogP contribution is 2.50. The Morgan fingerprint density at radius 3 is 2.47 bits per heavy atom. The Morgan fingerprint density at radius 2 is 2.00 bits per heavy atom. The molecule has 1 saturated carbocycles. The van der Waals surface area contributed by atoms with Crippen molar-refractivity contribution in [2.24, 2.45) is 5.73 Å². The van der Waals surface area contributed by atoms with Crippen LogP contribution in [0.15, 0.2) is 18.2 Å². The first-order valence-electron chi connectivity index (χ1n) is 5.77. The van der Waals surface area contributed by atoms with Crippen molar-refractivity contribution < 1.29 is 13.5 Å². The Labute approximate surface area is 99.8 Å². The summed E-state index contributed by atoms with van der Waals surface area (Å²) in [7, 11) is 0. The van der Waals surface area contributed by atoms with Gasteiger partial charge in [0.15, 0.2) is 0 Å². The molecule has 94 valence electrons. The van der Waals surface area contributed by atoms with E-state index in [-0.39, 0.29) is 12.8 Å². The number of aryl methyl sites for hydroxylation is 1. The van der Waals surface area contributed by atoms with Crippen LogP contribution >= 0.6 is 0 Å². The van der Waals surface area contributed by atoms with Crippen molar-refractivity contribution in [3.05, 3.63) is 29.3 Å². The number of ether oxygens (including phenoxy) is 1. The van der Waals surface area contributed by atoms with Crippen molar-refractivity contribution in [2.45, 2.75) is 38.2 Å². The SMILES string of the molecule is CCOc1ccc(C2(N)CC(F)(F)C2)c(C)c1. The fourth-order valence-electron chi connectivity index (χ4n) is 2.51. The van der Waals surface area contributed by atoms with Crippen LogP contribution in [-0.2, 0) is 5.54 Å². The molecule has 0 amide bonds. The standard InChI is InChI=1S/C13H17F2NO/c1-3-17-10-4-5-11(9(2)6-10)12(16)7-13(14,15)8-12/h4-6H,3,7-8,16H2,1-2H3. The lowest BCUT2D eigenvalue weighted by molar-refractivity contribution is -0.125. The molecule has 2 N–H and O–H groups in total. The number of hydrogen-bond acceptors (Lipinski definition) is 2. The summed E-state index contributed by atoms with van der Waals surface area (Å²) in [5.41, 5.74) is 6.84. The van der Waals surface area contributed by atoms with E-state index in [1.807, 2.05) is 19.9 Å². The zero-order chi connectivity index (χ0) is 12.7. The van der Waals surface area contributed by atoms with Gasteiger partial charge >= 0.3 is 0 Å². The topological polar surface area (TPSA) is 35.2 Å². The van der Waals surface area contributed by atoms with E-state index in [2.05, 4.69) is 0 Å². The molecule has 2 nitrogen and oxygen atoms in total. The zero-order valence-corrected chi connectivity index (χ0v) is 10.1. The summed E-state index contributed by atoms with van der Waals surface area (Å²) < 4.78 is 31.3. The van der Waals surface area contributed by atoms with Crippen LogP contribution in [0.2, 0.25) is 0 Å². The molecule has 2 rings (SSSR count). The molecule has 1 aliphatic carbocycles. The third-order valence-electron chi connectivity index (χ3n) is 3.19. The predicted molar refractivity (Wildman–Crippen MR) is 62.4 cm³/mol. The van der Waals surface area contributed by atoms with E-state index >= 15 is 0 Å². The quantitative estimate of drug-likeness (QED) is 0.883. The lowest BCUT2D eigenvalue weighted by atomic mass is 9.68. The van der Waals surface area contributed by atoms with Gasteiger partial charge in [-0.1, -0.05) is 6.07 Å². The first-order chi connectivity index (χ1) is 7.86. The number of nitrogens with two attached hydrogens (primary N) is 1. The molecule has 1 fully saturated rings. The third-order valence-corrected chi connectivity index (χ3v) is 3.19. The maximum Gasteiger partial charge on any atom is 0.252 e. The number of rotatable bonds is 3.